The van der Waals surface area contributed by atoms with Crippen molar-refractivity contribution in [3.8, 4) is 0 Å². The molecule has 1 aromatic carbocycles. The number of amides is 1. The lowest BCUT2D eigenvalue weighted by atomic mass is 9.90. The van der Waals surface area contributed by atoms with Crippen LogP contribution in [0.5, 0.6) is 0 Å². The molecule has 88 valence electrons. The topological polar surface area (TPSA) is 29.1 Å². The molecule has 0 aromatic heterocycles. The lowest BCUT2D eigenvalue weighted by Crippen LogP contribution is -2.41. The van der Waals surface area contributed by atoms with E-state index in [9.17, 15) is 4.79 Å². The van der Waals surface area contributed by atoms with Crippen molar-refractivity contribution in [1.29, 1.82) is 0 Å². The van der Waals surface area contributed by atoms with Crippen molar-refractivity contribution in [2.24, 2.45) is 0 Å². The molecular weight excluding hydrogens is 222 g/mol. The maximum atomic E-state index is 11.5. The van der Waals surface area contributed by atoms with Crippen molar-refractivity contribution in [2.75, 3.05) is 5.88 Å². The zero-order valence-electron chi connectivity index (χ0n) is 10.0. The fourth-order valence-corrected chi connectivity index (χ4v) is 2.01. The Morgan fingerprint density at radius 3 is 2.56 bits per heavy atom. The molecule has 0 aliphatic carbocycles. The fourth-order valence-electron chi connectivity index (χ4n) is 1.84. The summed E-state index contributed by atoms with van der Waals surface area (Å²) in [4.78, 5) is 11.5. The highest BCUT2D eigenvalue weighted by molar-refractivity contribution is 6.18. The van der Waals surface area contributed by atoms with Gasteiger partial charge < -0.3 is 5.32 Å². The minimum absolute atomic E-state index is 0.0109. The number of carbonyl (C=O) groups excluding carboxylic acids is 1. The molecule has 0 unspecified atom stereocenters. The molecule has 0 heterocycles. The summed E-state index contributed by atoms with van der Waals surface area (Å²) in [6.07, 6.45) is 0.358. The molecular formula is C13H18ClNO. The molecule has 16 heavy (non-hydrogen) atoms. The largest absolute Gasteiger partial charge is 0.347 e. The van der Waals surface area contributed by atoms with Crippen molar-refractivity contribution in [2.45, 2.75) is 32.7 Å². The maximum Gasteiger partial charge on any atom is 0.221 e. The zero-order chi connectivity index (χ0) is 12.2. The second-order valence-corrected chi connectivity index (χ2v) is 4.81. The van der Waals surface area contributed by atoms with Crippen LogP contribution in [-0.2, 0) is 10.3 Å². The van der Waals surface area contributed by atoms with Gasteiger partial charge in [-0.05, 0) is 31.9 Å². The summed E-state index contributed by atoms with van der Waals surface area (Å²) >= 11 is 5.54. The first-order chi connectivity index (χ1) is 7.47. The average molecular weight is 240 g/mol. The van der Waals surface area contributed by atoms with Gasteiger partial charge in [0.25, 0.3) is 0 Å². The monoisotopic (exact) mass is 239 g/mol. The number of rotatable bonds is 4. The van der Waals surface area contributed by atoms with E-state index in [-0.39, 0.29) is 11.4 Å². The van der Waals surface area contributed by atoms with E-state index >= 15 is 0 Å². The van der Waals surface area contributed by atoms with E-state index in [1.165, 1.54) is 5.56 Å². The molecule has 1 N–H and O–H groups in total. The summed E-state index contributed by atoms with van der Waals surface area (Å²) < 4.78 is 0. The number of aryl methyl sites for hydroxylation is 1. The lowest BCUT2D eigenvalue weighted by molar-refractivity contribution is -0.122. The van der Waals surface area contributed by atoms with Gasteiger partial charge in [0, 0.05) is 12.3 Å². The third kappa shape index (κ3) is 3.24. The van der Waals surface area contributed by atoms with Crippen molar-refractivity contribution >= 4 is 17.5 Å². The molecule has 0 aliphatic heterocycles. The Kier molecular flexibility index (Phi) is 4.36. The Morgan fingerprint density at radius 1 is 1.38 bits per heavy atom. The van der Waals surface area contributed by atoms with E-state index in [2.05, 4.69) is 5.32 Å². The van der Waals surface area contributed by atoms with Gasteiger partial charge in [-0.1, -0.05) is 24.3 Å². The number of benzene rings is 1. The molecule has 0 fully saturated rings. The Bertz CT molecular complexity index is 374. The Labute approximate surface area is 102 Å². The fraction of sp³-hybridized carbons (Fsp3) is 0.462. The number of hydrogen-bond acceptors (Lipinski definition) is 1. The van der Waals surface area contributed by atoms with Gasteiger partial charge in [0.2, 0.25) is 5.91 Å². The molecule has 0 atom stereocenters. The Morgan fingerprint density at radius 2 is 2.00 bits per heavy atom. The molecule has 1 aromatic rings. The summed E-state index contributed by atoms with van der Waals surface area (Å²) in [7, 11) is 0. The quantitative estimate of drug-likeness (QED) is 0.805. The minimum Gasteiger partial charge on any atom is -0.347 e. The third-order valence-corrected chi connectivity index (χ3v) is 2.78. The van der Waals surface area contributed by atoms with E-state index in [1.54, 1.807) is 0 Å². The first kappa shape index (κ1) is 13.0. The Hall–Kier alpha value is -1.02. The second-order valence-electron chi connectivity index (χ2n) is 4.43. The van der Waals surface area contributed by atoms with E-state index in [0.29, 0.717) is 12.3 Å². The van der Waals surface area contributed by atoms with E-state index < -0.39 is 0 Å². The van der Waals surface area contributed by atoms with Gasteiger partial charge in [0.1, 0.15) is 0 Å². The zero-order valence-corrected chi connectivity index (χ0v) is 10.8. The molecule has 3 heteroatoms. The van der Waals surface area contributed by atoms with Crippen LogP contribution in [0, 0.1) is 6.92 Å². The predicted octanol–water partition coefficient (Wildman–Crippen LogP) is 2.98. The summed E-state index contributed by atoms with van der Waals surface area (Å²) in [6, 6.07) is 8.06. The van der Waals surface area contributed by atoms with Crippen LogP contribution in [0.2, 0.25) is 0 Å². The number of carbonyl (C=O) groups is 1. The van der Waals surface area contributed by atoms with Crippen molar-refractivity contribution in [1.82, 2.24) is 5.32 Å². The standard InChI is InChI=1S/C13H18ClNO/c1-10-6-4-5-7-11(10)13(2,3)15-12(16)8-9-14/h4-7H,8-9H2,1-3H3,(H,15,16). The SMILES string of the molecule is Cc1ccccc1C(C)(C)NC(=O)CCCl. The summed E-state index contributed by atoms with van der Waals surface area (Å²) in [5.74, 6) is 0.346. The van der Waals surface area contributed by atoms with E-state index in [0.717, 1.165) is 5.56 Å². The molecule has 0 saturated carbocycles. The molecule has 1 rings (SSSR count). The highest BCUT2D eigenvalue weighted by atomic mass is 35.5. The highest BCUT2D eigenvalue weighted by Crippen LogP contribution is 2.23. The molecule has 2 nitrogen and oxygen atoms in total. The van der Waals surface area contributed by atoms with Crippen LogP contribution < -0.4 is 5.32 Å². The van der Waals surface area contributed by atoms with Crippen LogP contribution in [-0.4, -0.2) is 11.8 Å². The Balaban J connectivity index is 2.85. The maximum absolute atomic E-state index is 11.5. The van der Waals surface area contributed by atoms with Gasteiger partial charge in [0.05, 0.1) is 5.54 Å². The highest BCUT2D eigenvalue weighted by Gasteiger charge is 2.23. The third-order valence-electron chi connectivity index (χ3n) is 2.59. The van der Waals surface area contributed by atoms with Gasteiger partial charge in [-0.2, -0.15) is 0 Å². The molecule has 0 radical (unpaired) electrons. The van der Waals surface area contributed by atoms with Crippen LogP contribution in [0.4, 0.5) is 0 Å². The van der Waals surface area contributed by atoms with Gasteiger partial charge in [-0.15, -0.1) is 11.6 Å². The average Bonchev–Trinajstić information content (AvgIpc) is 2.17. The summed E-state index contributed by atoms with van der Waals surface area (Å²) in [5.41, 5.74) is 1.96. The second kappa shape index (κ2) is 5.35. The van der Waals surface area contributed by atoms with Crippen LogP contribution in [0.15, 0.2) is 24.3 Å². The number of hydrogen-bond donors (Lipinski definition) is 1. The van der Waals surface area contributed by atoms with E-state index in [4.69, 9.17) is 11.6 Å². The lowest BCUT2D eigenvalue weighted by Gasteiger charge is -2.28. The number of halogens is 1. The normalized spacial score (nSPS) is 11.2. The van der Waals surface area contributed by atoms with Gasteiger partial charge in [-0.3, -0.25) is 4.79 Å². The molecule has 1 amide bonds. The van der Waals surface area contributed by atoms with Gasteiger partial charge in [0.15, 0.2) is 0 Å². The van der Waals surface area contributed by atoms with Crippen molar-refractivity contribution in [3.05, 3.63) is 35.4 Å². The van der Waals surface area contributed by atoms with Gasteiger partial charge >= 0.3 is 0 Å². The predicted molar refractivity (Wildman–Crippen MR) is 67.7 cm³/mol. The summed E-state index contributed by atoms with van der Waals surface area (Å²) in [5, 5.41) is 2.99. The molecule has 0 bridgehead atoms. The molecule has 0 aliphatic rings. The molecule has 0 spiro atoms. The van der Waals surface area contributed by atoms with Crippen LogP contribution >= 0.6 is 11.6 Å². The van der Waals surface area contributed by atoms with Crippen molar-refractivity contribution in [3.63, 3.8) is 0 Å². The minimum atomic E-state index is -0.353. The van der Waals surface area contributed by atoms with E-state index in [1.807, 2.05) is 45.0 Å². The molecule has 0 saturated heterocycles. The van der Waals surface area contributed by atoms with Gasteiger partial charge in [-0.25, -0.2) is 0 Å². The number of alkyl halides is 1. The van der Waals surface area contributed by atoms with Crippen LogP contribution in [0.1, 0.15) is 31.4 Å². The first-order valence-corrected chi connectivity index (χ1v) is 5.94. The smallest absolute Gasteiger partial charge is 0.221 e. The van der Waals surface area contributed by atoms with Crippen molar-refractivity contribution < 1.29 is 4.79 Å². The van der Waals surface area contributed by atoms with Crippen LogP contribution in [0.3, 0.4) is 0 Å². The van der Waals surface area contributed by atoms with Crippen LogP contribution in [0.25, 0.3) is 0 Å². The number of nitrogens with one attached hydrogen (secondary N) is 1. The summed E-state index contributed by atoms with van der Waals surface area (Å²) in [6.45, 7) is 6.05. The first-order valence-electron chi connectivity index (χ1n) is 5.40.